The molecular formula is C12H17N3O4. The summed E-state index contributed by atoms with van der Waals surface area (Å²) in [6.45, 7) is 3.69. The molecule has 7 heteroatoms. The molecule has 0 atom stereocenters. The largest absolute Gasteiger partial charge is 0.484 e. The van der Waals surface area contributed by atoms with Gasteiger partial charge in [0.2, 0.25) is 0 Å². The SMILES string of the molecule is CC(C)(N)CNC(=O)COc1cccc([N+](=O)[O-])c1. The summed E-state index contributed by atoms with van der Waals surface area (Å²) in [5, 5.41) is 13.2. The van der Waals surface area contributed by atoms with Crippen LogP contribution in [-0.2, 0) is 4.79 Å². The number of hydrogen-bond acceptors (Lipinski definition) is 5. The lowest BCUT2D eigenvalue weighted by Gasteiger charge is -2.18. The number of amides is 1. The van der Waals surface area contributed by atoms with Gasteiger partial charge in [-0.15, -0.1) is 0 Å². The Morgan fingerprint density at radius 2 is 2.21 bits per heavy atom. The molecule has 0 radical (unpaired) electrons. The first-order chi connectivity index (χ1) is 8.78. The van der Waals surface area contributed by atoms with Crippen molar-refractivity contribution >= 4 is 11.6 Å². The Labute approximate surface area is 110 Å². The highest BCUT2D eigenvalue weighted by atomic mass is 16.6. The summed E-state index contributed by atoms with van der Waals surface area (Å²) in [5.41, 5.74) is 5.13. The maximum absolute atomic E-state index is 11.5. The lowest BCUT2D eigenvalue weighted by atomic mass is 10.1. The van der Waals surface area contributed by atoms with Crippen molar-refractivity contribution in [2.75, 3.05) is 13.2 Å². The molecule has 0 aliphatic rings. The van der Waals surface area contributed by atoms with Crippen molar-refractivity contribution in [1.82, 2.24) is 5.32 Å². The molecule has 0 aromatic heterocycles. The van der Waals surface area contributed by atoms with E-state index in [4.69, 9.17) is 10.5 Å². The normalized spacial score (nSPS) is 10.9. The van der Waals surface area contributed by atoms with Gasteiger partial charge in [0.15, 0.2) is 6.61 Å². The zero-order valence-corrected chi connectivity index (χ0v) is 10.9. The van der Waals surface area contributed by atoms with Crippen molar-refractivity contribution in [2.45, 2.75) is 19.4 Å². The third-order valence-corrected chi connectivity index (χ3v) is 2.14. The summed E-state index contributed by atoms with van der Waals surface area (Å²) in [7, 11) is 0. The monoisotopic (exact) mass is 267 g/mol. The van der Waals surface area contributed by atoms with Gasteiger partial charge in [-0.05, 0) is 19.9 Å². The molecular weight excluding hydrogens is 250 g/mol. The van der Waals surface area contributed by atoms with Crippen LogP contribution in [0.1, 0.15) is 13.8 Å². The Morgan fingerprint density at radius 3 is 2.79 bits per heavy atom. The van der Waals surface area contributed by atoms with E-state index in [1.165, 1.54) is 18.2 Å². The predicted octanol–water partition coefficient (Wildman–Crippen LogP) is 0.827. The van der Waals surface area contributed by atoms with Crippen molar-refractivity contribution in [1.29, 1.82) is 0 Å². The zero-order chi connectivity index (χ0) is 14.5. The van der Waals surface area contributed by atoms with Gasteiger partial charge in [0.25, 0.3) is 11.6 Å². The minimum atomic E-state index is -0.524. The van der Waals surface area contributed by atoms with Gasteiger partial charge in [0.1, 0.15) is 5.75 Å². The van der Waals surface area contributed by atoms with Crippen LogP contribution in [0.3, 0.4) is 0 Å². The van der Waals surface area contributed by atoms with Crippen LogP contribution in [0.5, 0.6) is 5.75 Å². The third kappa shape index (κ3) is 5.82. The maximum Gasteiger partial charge on any atom is 0.273 e. The second kappa shape index (κ2) is 6.14. The first kappa shape index (κ1) is 14.9. The van der Waals surface area contributed by atoms with Gasteiger partial charge in [-0.2, -0.15) is 0 Å². The van der Waals surface area contributed by atoms with Crippen molar-refractivity contribution in [2.24, 2.45) is 5.73 Å². The molecule has 1 amide bonds. The average Bonchev–Trinajstić information content (AvgIpc) is 2.33. The topological polar surface area (TPSA) is 107 Å². The molecule has 0 aliphatic carbocycles. The Balaban J connectivity index is 2.46. The minimum absolute atomic E-state index is 0.0824. The number of nitrogens with two attached hydrogens (primary N) is 1. The molecule has 19 heavy (non-hydrogen) atoms. The third-order valence-electron chi connectivity index (χ3n) is 2.14. The molecule has 0 saturated heterocycles. The van der Waals surface area contributed by atoms with Crippen molar-refractivity contribution < 1.29 is 14.5 Å². The van der Waals surface area contributed by atoms with E-state index in [-0.39, 0.29) is 24.0 Å². The molecule has 1 rings (SSSR count). The van der Waals surface area contributed by atoms with Crippen molar-refractivity contribution in [3.05, 3.63) is 34.4 Å². The lowest BCUT2D eigenvalue weighted by molar-refractivity contribution is -0.384. The molecule has 0 bridgehead atoms. The van der Waals surface area contributed by atoms with Crippen molar-refractivity contribution in [3.63, 3.8) is 0 Å². The van der Waals surface area contributed by atoms with Gasteiger partial charge in [-0.1, -0.05) is 6.07 Å². The number of carbonyl (C=O) groups is 1. The number of nitrogens with one attached hydrogen (secondary N) is 1. The summed E-state index contributed by atoms with van der Waals surface area (Å²) in [4.78, 5) is 21.5. The van der Waals surface area contributed by atoms with E-state index < -0.39 is 10.5 Å². The summed E-state index contributed by atoms with van der Waals surface area (Å²) >= 11 is 0. The summed E-state index contributed by atoms with van der Waals surface area (Å²) < 4.78 is 5.17. The molecule has 104 valence electrons. The second-order valence-corrected chi connectivity index (χ2v) is 4.81. The molecule has 0 aliphatic heterocycles. The predicted molar refractivity (Wildman–Crippen MR) is 69.9 cm³/mol. The highest BCUT2D eigenvalue weighted by molar-refractivity contribution is 5.77. The zero-order valence-electron chi connectivity index (χ0n) is 10.9. The summed E-state index contributed by atoms with van der Waals surface area (Å²) in [6, 6.07) is 5.66. The number of carbonyl (C=O) groups excluding carboxylic acids is 1. The number of hydrogen-bond donors (Lipinski definition) is 2. The van der Waals surface area contributed by atoms with E-state index in [0.29, 0.717) is 6.54 Å². The molecule has 0 fully saturated rings. The minimum Gasteiger partial charge on any atom is -0.484 e. The number of rotatable bonds is 6. The molecule has 3 N–H and O–H groups in total. The van der Waals surface area contributed by atoms with Crippen molar-refractivity contribution in [3.8, 4) is 5.75 Å². The number of nitro benzene ring substituents is 1. The molecule has 0 unspecified atom stereocenters. The van der Waals surface area contributed by atoms with Crippen LogP contribution in [0.4, 0.5) is 5.69 Å². The van der Waals surface area contributed by atoms with E-state index in [0.717, 1.165) is 0 Å². The van der Waals surface area contributed by atoms with Crippen LogP contribution in [0.15, 0.2) is 24.3 Å². The van der Waals surface area contributed by atoms with Gasteiger partial charge >= 0.3 is 0 Å². The first-order valence-corrected chi connectivity index (χ1v) is 5.71. The van der Waals surface area contributed by atoms with Gasteiger partial charge in [-0.25, -0.2) is 0 Å². The Bertz CT molecular complexity index is 468. The van der Waals surface area contributed by atoms with E-state index in [9.17, 15) is 14.9 Å². The van der Waals surface area contributed by atoms with Crippen LogP contribution >= 0.6 is 0 Å². The fourth-order valence-electron chi connectivity index (χ4n) is 1.21. The lowest BCUT2D eigenvalue weighted by Crippen LogP contribution is -2.46. The molecule has 0 spiro atoms. The molecule has 1 aromatic carbocycles. The number of nitro groups is 1. The van der Waals surface area contributed by atoms with Crippen LogP contribution in [0.25, 0.3) is 0 Å². The number of non-ortho nitro benzene ring substituents is 1. The fourth-order valence-corrected chi connectivity index (χ4v) is 1.21. The number of ether oxygens (including phenoxy) is 1. The van der Waals surface area contributed by atoms with Gasteiger partial charge in [0.05, 0.1) is 11.0 Å². The highest BCUT2D eigenvalue weighted by Crippen LogP contribution is 2.18. The van der Waals surface area contributed by atoms with Gasteiger partial charge in [0, 0.05) is 18.2 Å². The van der Waals surface area contributed by atoms with E-state index >= 15 is 0 Å². The molecule has 0 heterocycles. The van der Waals surface area contributed by atoms with Gasteiger partial charge < -0.3 is 15.8 Å². The summed E-state index contributed by atoms with van der Waals surface area (Å²) in [5.74, 6) is -0.0543. The van der Waals surface area contributed by atoms with E-state index in [2.05, 4.69) is 5.32 Å². The fraction of sp³-hybridized carbons (Fsp3) is 0.417. The van der Waals surface area contributed by atoms with Crippen LogP contribution in [0, 0.1) is 10.1 Å². The highest BCUT2D eigenvalue weighted by Gasteiger charge is 2.13. The van der Waals surface area contributed by atoms with Crippen LogP contribution in [-0.4, -0.2) is 29.5 Å². The van der Waals surface area contributed by atoms with Crippen LogP contribution in [0.2, 0.25) is 0 Å². The second-order valence-electron chi connectivity index (χ2n) is 4.81. The first-order valence-electron chi connectivity index (χ1n) is 5.71. The molecule has 7 nitrogen and oxygen atoms in total. The molecule has 1 aromatic rings. The van der Waals surface area contributed by atoms with E-state index in [1.54, 1.807) is 19.9 Å². The number of benzene rings is 1. The van der Waals surface area contributed by atoms with E-state index in [1.807, 2.05) is 0 Å². The Morgan fingerprint density at radius 1 is 1.53 bits per heavy atom. The average molecular weight is 267 g/mol. The Kier molecular flexibility index (Phi) is 4.82. The van der Waals surface area contributed by atoms with Crippen LogP contribution < -0.4 is 15.8 Å². The Hall–Kier alpha value is -2.15. The van der Waals surface area contributed by atoms with Gasteiger partial charge in [-0.3, -0.25) is 14.9 Å². The standard InChI is InChI=1S/C12H17N3O4/c1-12(2,13)8-14-11(16)7-19-10-5-3-4-9(6-10)15(17)18/h3-6H,7-8,13H2,1-2H3,(H,14,16). The molecule has 0 saturated carbocycles. The smallest absolute Gasteiger partial charge is 0.273 e. The quantitative estimate of drug-likeness (QED) is 0.586. The summed E-state index contributed by atoms with van der Waals surface area (Å²) in [6.07, 6.45) is 0. The number of nitrogens with zero attached hydrogens (tertiary/aromatic N) is 1. The maximum atomic E-state index is 11.5.